The Labute approximate surface area is 175 Å². The molecule has 0 aliphatic carbocycles. The molecule has 3 aromatic carbocycles. The lowest BCUT2D eigenvalue weighted by Gasteiger charge is -2.09. The fraction of sp³-hybridized carbons (Fsp3) is 0.0588. The van der Waals surface area contributed by atoms with Crippen LogP contribution in [0.3, 0.4) is 0 Å². The van der Waals surface area contributed by atoms with Crippen molar-refractivity contribution in [3.8, 4) is 5.75 Å². The van der Waals surface area contributed by atoms with Crippen molar-refractivity contribution in [3.05, 3.63) is 58.1 Å². The highest BCUT2D eigenvalue weighted by Gasteiger charge is 2.23. The van der Waals surface area contributed by atoms with Gasteiger partial charge in [0.1, 0.15) is 10.6 Å². The van der Waals surface area contributed by atoms with Crippen molar-refractivity contribution >= 4 is 48.1 Å². The zero-order valence-corrected chi connectivity index (χ0v) is 17.1. The molecular formula is C17H13N3O9S2. The number of phenolic OH excluding ortho intramolecular Hbond substituents is 1. The first-order chi connectivity index (χ1) is 14.3. The quantitative estimate of drug-likeness (QED) is 0.217. The van der Waals surface area contributed by atoms with Crippen LogP contribution in [0.15, 0.2) is 62.5 Å². The third kappa shape index (κ3) is 4.51. The highest BCUT2D eigenvalue weighted by atomic mass is 32.2. The lowest BCUT2D eigenvalue weighted by Crippen LogP contribution is -2.00. The van der Waals surface area contributed by atoms with Crippen molar-refractivity contribution < 1.29 is 36.0 Å². The van der Waals surface area contributed by atoms with E-state index in [0.717, 1.165) is 24.3 Å². The Balaban J connectivity index is 2.29. The summed E-state index contributed by atoms with van der Waals surface area (Å²) < 4.78 is 65.0. The molecular weight excluding hydrogens is 454 g/mol. The molecule has 0 amide bonds. The molecule has 31 heavy (non-hydrogen) atoms. The Morgan fingerprint density at radius 1 is 0.935 bits per heavy atom. The summed E-state index contributed by atoms with van der Waals surface area (Å²) in [6.45, 7) is 1.61. The topological polar surface area (TPSA) is 197 Å². The van der Waals surface area contributed by atoms with E-state index in [0.29, 0.717) is 5.56 Å². The lowest BCUT2D eigenvalue weighted by atomic mass is 10.1. The van der Waals surface area contributed by atoms with Gasteiger partial charge in [-0.05, 0) is 48.2 Å². The molecule has 0 spiro atoms. The van der Waals surface area contributed by atoms with Gasteiger partial charge in [0.2, 0.25) is 0 Å². The Morgan fingerprint density at radius 3 is 2.19 bits per heavy atom. The second-order valence-electron chi connectivity index (χ2n) is 6.35. The minimum Gasteiger partial charge on any atom is -0.505 e. The van der Waals surface area contributed by atoms with Crippen LogP contribution in [0.4, 0.5) is 17.1 Å². The molecule has 0 aliphatic heterocycles. The number of azo groups is 1. The van der Waals surface area contributed by atoms with Crippen LogP contribution in [-0.2, 0) is 20.2 Å². The molecule has 14 heteroatoms. The van der Waals surface area contributed by atoms with Crippen LogP contribution in [-0.4, -0.2) is 36.0 Å². The smallest absolute Gasteiger partial charge is 0.296 e. The van der Waals surface area contributed by atoms with Gasteiger partial charge in [0, 0.05) is 11.5 Å². The molecule has 0 saturated heterocycles. The fourth-order valence-corrected chi connectivity index (χ4v) is 3.93. The highest BCUT2D eigenvalue weighted by Crippen LogP contribution is 2.42. The van der Waals surface area contributed by atoms with Crippen molar-refractivity contribution in [1.29, 1.82) is 0 Å². The normalized spacial score (nSPS) is 12.5. The molecule has 162 valence electrons. The number of phenols is 1. The van der Waals surface area contributed by atoms with Crippen LogP contribution in [0.25, 0.3) is 10.8 Å². The van der Waals surface area contributed by atoms with Gasteiger partial charge in [-0.1, -0.05) is 6.07 Å². The summed E-state index contributed by atoms with van der Waals surface area (Å²) in [6.07, 6.45) is 0. The Bertz CT molecular complexity index is 1480. The molecule has 0 atom stereocenters. The zero-order chi connectivity index (χ0) is 23.1. The molecule has 12 nitrogen and oxygen atoms in total. The predicted molar refractivity (Wildman–Crippen MR) is 107 cm³/mol. The standard InChI is InChI=1S/C17H13N3O9S2/c1-9-2-5-13(14(6-9)20(22)23)18-19-16-15(31(27,28)29)8-10-7-11(30(24,25)26)3-4-12(10)17(16)21/h2-8,21H,1H3,(H,24,25,26)(H,27,28,29). The van der Waals surface area contributed by atoms with Gasteiger partial charge in [0.25, 0.3) is 25.9 Å². The third-order valence-electron chi connectivity index (χ3n) is 4.18. The van der Waals surface area contributed by atoms with Crippen LogP contribution in [0.2, 0.25) is 0 Å². The summed E-state index contributed by atoms with van der Waals surface area (Å²) in [6, 6.07) is 7.71. The van der Waals surface area contributed by atoms with Gasteiger partial charge in [-0.2, -0.15) is 16.8 Å². The molecule has 0 unspecified atom stereocenters. The van der Waals surface area contributed by atoms with Crippen molar-refractivity contribution in [3.63, 3.8) is 0 Å². The average Bonchev–Trinajstić information content (AvgIpc) is 2.66. The van der Waals surface area contributed by atoms with Crippen molar-refractivity contribution in [2.75, 3.05) is 0 Å². The predicted octanol–water partition coefficient (Wildman–Crippen LogP) is 3.67. The van der Waals surface area contributed by atoms with Crippen LogP contribution in [0, 0.1) is 17.0 Å². The number of benzene rings is 3. The SMILES string of the molecule is Cc1ccc(N=Nc2c(S(=O)(=O)O)cc3cc(S(=O)(=O)O)ccc3c2O)c([N+](=O)[O-])c1. The molecule has 0 heterocycles. The van der Waals surface area contributed by atoms with E-state index in [4.69, 9.17) is 4.55 Å². The van der Waals surface area contributed by atoms with Crippen molar-refractivity contribution in [2.24, 2.45) is 10.2 Å². The van der Waals surface area contributed by atoms with E-state index in [-0.39, 0.29) is 16.5 Å². The minimum atomic E-state index is -4.99. The molecule has 0 bridgehead atoms. The molecule has 0 saturated carbocycles. The van der Waals surface area contributed by atoms with Gasteiger partial charge < -0.3 is 5.11 Å². The maximum Gasteiger partial charge on any atom is 0.296 e. The second-order valence-corrected chi connectivity index (χ2v) is 9.17. The number of hydrogen-bond donors (Lipinski definition) is 3. The fourth-order valence-electron chi connectivity index (χ4n) is 2.75. The van der Waals surface area contributed by atoms with Gasteiger partial charge >= 0.3 is 0 Å². The van der Waals surface area contributed by atoms with Crippen molar-refractivity contribution in [2.45, 2.75) is 16.7 Å². The molecule has 0 aliphatic rings. The average molecular weight is 467 g/mol. The number of rotatable bonds is 5. The molecule has 3 aromatic rings. The van der Waals surface area contributed by atoms with E-state index in [9.17, 15) is 36.6 Å². The number of hydrogen-bond acceptors (Lipinski definition) is 9. The van der Waals surface area contributed by atoms with E-state index < -0.39 is 52.1 Å². The summed E-state index contributed by atoms with van der Waals surface area (Å²) >= 11 is 0. The first-order valence-electron chi connectivity index (χ1n) is 8.20. The summed E-state index contributed by atoms with van der Waals surface area (Å²) in [7, 11) is -9.62. The maximum absolute atomic E-state index is 11.8. The second kappa shape index (κ2) is 7.66. The Kier molecular flexibility index (Phi) is 5.49. The van der Waals surface area contributed by atoms with Gasteiger partial charge in [-0.3, -0.25) is 19.2 Å². The number of nitro benzene ring substituents is 1. The molecule has 3 rings (SSSR count). The van der Waals surface area contributed by atoms with Gasteiger partial charge in [-0.15, -0.1) is 10.2 Å². The molecule has 0 radical (unpaired) electrons. The van der Waals surface area contributed by atoms with Crippen LogP contribution in [0.1, 0.15) is 5.56 Å². The van der Waals surface area contributed by atoms with Crippen LogP contribution >= 0.6 is 0 Å². The van der Waals surface area contributed by atoms with E-state index in [1.165, 1.54) is 18.2 Å². The summed E-state index contributed by atoms with van der Waals surface area (Å²) in [5.41, 5.74) is -0.815. The largest absolute Gasteiger partial charge is 0.505 e. The summed E-state index contributed by atoms with van der Waals surface area (Å²) in [4.78, 5) is 8.99. The number of nitrogens with zero attached hydrogens (tertiary/aromatic N) is 3. The monoisotopic (exact) mass is 467 g/mol. The number of fused-ring (bicyclic) bond motifs is 1. The van der Waals surface area contributed by atoms with Gasteiger partial charge in [0.05, 0.1) is 9.82 Å². The maximum atomic E-state index is 11.8. The number of aryl methyl sites for hydroxylation is 1. The van der Waals surface area contributed by atoms with Crippen LogP contribution in [0.5, 0.6) is 5.75 Å². The lowest BCUT2D eigenvalue weighted by molar-refractivity contribution is -0.384. The van der Waals surface area contributed by atoms with E-state index >= 15 is 0 Å². The summed E-state index contributed by atoms with van der Waals surface area (Å²) in [5, 5.41) is 28.7. The summed E-state index contributed by atoms with van der Waals surface area (Å²) in [5.74, 6) is -0.787. The molecule has 3 N–H and O–H groups in total. The van der Waals surface area contributed by atoms with E-state index in [1.54, 1.807) is 6.92 Å². The molecule has 0 aromatic heterocycles. The third-order valence-corrected chi connectivity index (χ3v) is 5.90. The van der Waals surface area contributed by atoms with Crippen LogP contribution < -0.4 is 0 Å². The first-order valence-corrected chi connectivity index (χ1v) is 11.1. The Hall–Kier alpha value is -3.46. The van der Waals surface area contributed by atoms with Gasteiger partial charge in [0.15, 0.2) is 11.4 Å². The number of nitro groups is 1. The Morgan fingerprint density at radius 2 is 1.61 bits per heavy atom. The number of aromatic hydroxyl groups is 1. The highest BCUT2D eigenvalue weighted by molar-refractivity contribution is 7.86. The zero-order valence-electron chi connectivity index (χ0n) is 15.5. The first kappa shape index (κ1) is 22.2. The minimum absolute atomic E-state index is 0.0767. The molecule has 0 fully saturated rings. The van der Waals surface area contributed by atoms with E-state index in [1.807, 2.05) is 0 Å². The van der Waals surface area contributed by atoms with Crippen molar-refractivity contribution in [1.82, 2.24) is 0 Å². The van der Waals surface area contributed by atoms with Gasteiger partial charge in [-0.25, -0.2) is 0 Å². The van der Waals surface area contributed by atoms with E-state index in [2.05, 4.69) is 10.2 Å².